The van der Waals surface area contributed by atoms with Gasteiger partial charge in [0.2, 0.25) is 0 Å². The van der Waals surface area contributed by atoms with E-state index in [2.05, 4.69) is 15.1 Å². The largest absolute Gasteiger partial charge is 0.495 e. The van der Waals surface area contributed by atoms with Crippen molar-refractivity contribution in [2.75, 3.05) is 7.11 Å². The molecule has 0 radical (unpaired) electrons. The number of benzene rings is 2. The first kappa shape index (κ1) is 22.0. The van der Waals surface area contributed by atoms with Crippen LogP contribution in [-0.2, 0) is 12.1 Å². The van der Waals surface area contributed by atoms with Crippen LogP contribution >= 0.6 is 0 Å². The fourth-order valence-electron chi connectivity index (χ4n) is 4.29. The van der Waals surface area contributed by atoms with Gasteiger partial charge in [0.25, 0.3) is 0 Å². The predicted molar refractivity (Wildman–Crippen MR) is 122 cm³/mol. The SMILES string of the molecule is COc1cc(/C=C/c2nc3n(n2)CCC[C@@]3(O)c2cc(F)cc(F)c2)ccc1-n1cnc(C)c1. The molecule has 2 aromatic carbocycles. The van der Waals surface area contributed by atoms with E-state index in [4.69, 9.17) is 4.74 Å². The molecule has 1 atom stereocenters. The van der Waals surface area contributed by atoms with Crippen LogP contribution in [0.3, 0.4) is 0 Å². The summed E-state index contributed by atoms with van der Waals surface area (Å²) in [5.74, 6) is -0.154. The molecule has 0 unspecified atom stereocenters. The van der Waals surface area contributed by atoms with E-state index in [1.54, 1.807) is 24.2 Å². The first-order valence-corrected chi connectivity index (χ1v) is 10.9. The predicted octanol–water partition coefficient (Wildman–Crippen LogP) is 4.26. The number of methoxy groups -OCH3 is 1. The molecular weight excluding hydrogens is 440 g/mol. The van der Waals surface area contributed by atoms with E-state index in [1.807, 2.05) is 42.0 Å². The molecule has 7 nitrogen and oxygen atoms in total. The molecule has 4 aromatic rings. The number of fused-ring (bicyclic) bond motifs is 1. The topological polar surface area (TPSA) is 78.0 Å². The number of aryl methyl sites for hydroxylation is 2. The van der Waals surface area contributed by atoms with E-state index in [0.29, 0.717) is 31.0 Å². The molecule has 174 valence electrons. The lowest BCUT2D eigenvalue weighted by Crippen LogP contribution is -2.35. The first-order chi connectivity index (χ1) is 16.4. The summed E-state index contributed by atoms with van der Waals surface area (Å²) in [7, 11) is 1.61. The second-order valence-corrected chi connectivity index (χ2v) is 8.33. The van der Waals surface area contributed by atoms with Crippen LogP contribution in [0, 0.1) is 18.6 Å². The number of aromatic nitrogens is 5. The van der Waals surface area contributed by atoms with Crippen molar-refractivity contribution in [2.24, 2.45) is 0 Å². The Morgan fingerprint density at radius 3 is 2.62 bits per heavy atom. The number of imidazole rings is 1. The zero-order chi connectivity index (χ0) is 23.9. The van der Waals surface area contributed by atoms with E-state index < -0.39 is 17.2 Å². The van der Waals surface area contributed by atoms with Gasteiger partial charge in [-0.3, -0.25) is 0 Å². The molecule has 2 aromatic heterocycles. The Bertz CT molecular complexity index is 1370. The minimum atomic E-state index is -1.62. The molecule has 0 spiro atoms. The third-order valence-corrected chi connectivity index (χ3v) is 5.93. The van der Waals surface area contributed by atoms with Gasteiger partial charge in [-0.05, 0) is 61.2 Å². The zero-order valence-electron chi connectivity index (χ0n) is 18.7. The summed E-state index contributed by atoms with van der Waals surface area (Å²) in [4.78, 5) is 8.75. The molecule has 0 fully saturated rings. The van der Waals surface area contributed by atoms with Crippen LogP contribution in [0.1, 0.15) is 41.3 Å². The van der Waals surface area contributed by atoms with Crippen LogP contribution in [-0.4, -0.2) is 36.5 Å². The average molecular weight is 463 g/mol. The van der Waals surface area contributed by atoms with Gasteiger partial charge in [0.15, 0.2) is 11.6 Å². The average Bonchev–Trinajstić information content (AvgIpc) is 3.44. The van der Waals surface area contributed by atoms with Gasteiger partial charge in [-0.1, -0.05) is 12.1 Å². The quantitative estimate of drug-likeness (QED) is 0.479. The van der Waals surface area contributed by atoms with Gasteiger partial charge < -0.3 is 14.4 Å². The molecule has 1 N–H and O–H groups in total. The molecule has 9 heteroatoms. The summed E-state index contributed by atoms with van der Waals surface area (Å²) in [5, 5.41) is 15.8. The summed E-state index contributed by atoms with van der Waals surface area (Å²) >= 11 is 0. The van der Waals surface area contributed by atoms with Crippen molar-refractivity contribution in [3.63, 3.8) is 0 Å². The van der Waals surface area contributed by atoms with E-state index in [0.717, 1.165) is 35.1 Å². The van der Waals surface area contributed by atoms with Crippen molar-refractivity contribution in [1.82, 2.24) is 24.3 Å². The van der Waals surface area contributed by atoms with Gasteiger partial charge in [-0.15, -0.1) is 0 Å². The highest BCUT2D eigenvalue weighted by Gasteiger charge is 2.40. The molecule has 0 saturated carbocycles. The highest BCUT2D eigenvalue weighted by molar-refractivity contribution is 5.69. The Morgan fingerprint density at radius 1 is 1.12 bits per heavy atom. The number of nitrogens with zero attached hydrogens (tertiary/aromatic N) is 5. The van der Waals surface area contributed by atoms with E-state index in [9.17, 15) is 13.9 Å². The van der Waals surface area contributed by atoms with Gasteiger partial charge in [0, 0.05) is 18.8 Å². The monoisotopic (exact) mass is 463 g/mol. The van der Waals surface area contributed by atoms with Crippen LogP contribution in [0.25, 0.3) is 17.8 Å². The number of rotatable bonds is 5. The molecule has 0 aliphatic carbocycles. The molecule has 34 heavy (non-hydrogen) atoms. The molecule has 5 rings (SSSR count). The van der Waals surface area contributed by atoms with Crippen LogP contribution in [0.4, 0.5) is 8.78 Å². The fourth-order valence-corrected chi connectivity index (χ4v) is 4.29. The highest BCUT2D eigenvalue weighted by Crippen LogP contribution is 2.37. The minimum Gasteiger partial charge on any atom is -0.495 e. The van der Waals surface area contributed by atoms with Crippen LogP contribution in [0.5, 0.6) is 5.75 Å². The number of hydrogen-bond acceptors (Lipinski definition) is 5. The molecule has 0 bridgehead atoms. The summed E-state index contributed by atoms with van der Waals surface area (Å²) < 4.78 is 36.7. The highest BCUT2D eigenvalue weighted by atomic mass is 19.1. The van der Waals surface area contributed by atoms with Gasteiger partial charge in [-0.2, -0.15) is 5.10 Å². The van der Waals surface area contributed by atoms with Crippen LogP contribution in [0.2, 0.25) is 0 Å². The van der Waals surface area contributed by atoms with Gasteiger partial charge in [-0.25, -0.2) is 23.4 Å². The number of halogens is 2. The normalized spacial score (nSPS) is 17.8. The maximum Gasteiger partial charge on any atom is 0.174 e. The maximum absolute atomic E-state index is 13.8. The smallest absolute Gasteiger partial charge is 0.174 e. The lowest BCUT2D eigenvalue weighted by Gasteiger charge is -2.31. The van der Waals surface area contributed by atoms with Crippen molar-refractivity contribution in [2.45, 2.75) is 31.9 Å². The molecule has 0 saturated heterocycles. The van der Waals surface area contributed by atoms with E-state index >= 15 is 0 Å². The van der Waals surface area contributed by atoms with Gasteiger partial charge in [0.05, 0.1) is 24.8 Å². The molecule has 3 heterocycles. The lowest BCUT2D eigenvalue weighted by molar-refractivity contribution is 0.0389. The van der Waals surface area contributed by atoms with Crippen molar-refractivity contribution in [3.05, 3.63) is 89.0 Å². The van der Waals surface area contributed by atoms with Crippen LogP contribution in [0.15, 0.2) is 48.9 Å². The Kier molecular flexibility index (Phi) is 5.49. The van der Waals surface area contributed by atoms with E-state index in [1.165, 1.54) is 0 Å². The Labute approximate surface area is 195 Å². The molecule has 1 aliphatic rings. The number of ether oxygens (including phenoxy) is 1. The molecular formula is C25H23F2N5O2. The summed E-state index contributed by atoms with van der Waals surface area (Å²) in [5.41, 5.74) is 1.15. The molecule has 1 aliphatic heterocycles. The number of aliphatic hydroxyl groups is 1. The maximum atomic E-state index is 13.8. The van der Waals surface area contributed by atoms with Gasteiger partial charge in [0.1, 0.15) is 23.0 Å². The van der Waals surface area contributed by atoms with Crippen molar-refractivity contribution in [3.8, 4) is 11.4 Å². The molecule has 0 amide bonds. The summed E-state index contributed by atoms with van der Waals surface area (Å²) in [6.07, 6.45) is 8.11. The second-order valence-electron chi connectivity index (χ2n) is 8.33. The Balaban J connectivity index is 1.45. The lowest BCUT2D eigenvalue weighted by atomic mass is 9.86. The minimum absolute atomic E-state index is 0.129. The standard InChI is InChI=1S/C25H23F2N5O2/c1-16-14-31(15-28-16)21-6-4-17(10-22(21)34-2)5-7-23-29-24-25(33,8-3-9-32(24)30-23)18-11-19(26)13-20(27)12-18/h4-7,10-15,33H,3,8-9H2,1-2H3/b7-5+/t25-/m1/s1. The van der Waals surface area contributed by atoms with Crippen LogP contribution < -0.4 is 4.74 Å². The van der Waals surface area contributed by atoms with Gasteiger partial charge >= 0.3 is 0 Å². The summed E-state index contributed by atoms with van der Waals surface area (Å²) in [6.45, 7) is 2.48. The fraction of sp³-hybridized carbons (Fsp3) is 0.240. The Hall–Kier alpha value is -3.85. The van der Waals surface area contributed by atoms with E-state index in [-0.39, 0.29) is 11.4 Å². The zero-order valence-corrected chi connectivity index (χ0v) is 18.7. The van der Waals surface area contributed by atoms with Crippen molar-refractivity contribution < 1.29 is 18.6 Å². The third-order valence-electron chi connectivity index (χ3n) is 5.93. The second kappa shape index (κ2) is 8.49. The Morgan fingerprint density at radius 2 is 1.91 bits per heavy atom. The van der Waals surface area contributed by atoms with Crippen molar-refractivity contribution >= 4 is 12.2 Å². The first-order valence-electron chi connectivity index (χ1n) is 10.9. The summed E-state index contributed by atoms with van der Waals surface area (Å²) in [6, 6.07) is 8.82. The number of hydrogen-bond donors (Lipinski definition) is 1. The van der Waals surface area contributed by atoms with Crippen molar-refractivity contribution in [1.29, 1.82) is 0 Å². The third kappa shape index (κ3) is 3.99.